The lowest BCUT2D eigenvalue weighted by molar-refractivity contribution is 0.325. The molecule has 0 aromatic heterocycles. The summed E-state index contributed by atoms with van der Waals surface area (Å²) in [6, 6.07) is 5.52. The van der Waals surface area contributed by atoms with E-state index >= 15 is 0 Å². The summed E-state index contributed by atoms with van der Waals surface area (Å²) in [5.74, 6) is 0. The molecule has 1 saturated heterocycles. The van der Waals surface area contributed by atoms with Crippen molar-refractivity contribution < 1.29 is 8.85 Å². The van der Waals surface area contributed by atoms with E-state index in [1.807, 2.05) is 0 Å². The average molecular weight is 204 g/mol. The summed E-state index contributed by atoms with van der Waals surface area (Å²) in [4.78, 5) is 0. The lowest BCUT2D eigenvalue weighted by Crippen LogP contribution is -2.30. The van der Waals surface area contributed by atoms with E-state index in [9.17, 15) is 0 Å². The van der Waals surface area contributed by atoms with Gasteiger partial charge in [-0.3, -0.25) is 0 Å². The van der Waals surface area contributed by atoms with Gasteiger partial charge in [0.2, 0.25) is 0 Å². The molecule has 1 aliphatic heterocycles. The Morgan fingerprint density at radius 3 is 1.42 bits per heavy atom. The molecule has 0 aromatic rings. The minimum Gasteiger partial charge on any atom is -0.420 e. The van der Waals surface area contributed by atoms with Crippen LogP contribution in [0.3, 0.4) is 0 Å². The van der Waals surface area contributed by atoms with Crippen molar-refractivity contribution in [3.8, 4) is 0 Å². The van der Waals surface area contributed by atoms with Gasteiger partial charge in [-0.15, -0.1) is 0 Å². The molecule has 72 valence electrons. The molecule has 0 bridgehead atoms. The van der Waals surface area contributed by atoms with Crippen LogP contribution in [0, 0.1) is 0 Å². The molecular formula is C8H20O2Si2. The average Bonchev–Trinajstić information content (AvgIpc) is 2.09. The van der Waals surface area contributed by atoms with E-state index in [1.165, 1.54) is 24.2 Å². The maximum absolute atomic E-state index is 5.71. The summed E-state index contributed by atoms with van der Waals surface area (Å²) in [6.07, 6.45) is 0. The first-order valence-corrected chi connectivity index (χ1v) is 9.30. The van der Waals surface area contributed by atoms with Crippen LogP contribution in [-0.2, 0) is 8.85 Å². The van der Waals surface area contributed by atoms with Crippen molar-refractivity contribution in [3.05, 3.63) is 0 Å². The Kier molecular flexibility index (Phi) is 5.14. The summed E-state index contributed by atoms with van der Waals surface area (Å²) < 4.78 is 11.4. The summed E-state index contributed by atoms with van der Waals surface area (Å²) >= 11 is 0. The van der Waals surface area contributed by atoms with Gasteiger partial charge in [-0.05, 0) is 38.0 Å². The zero-order valence-electron chi connectivity index (χ0n) is 8.21. The topological polar surface area (TPSA) is 18.5 Å². The standard InChI is InChI=1S/C8H20O2Si2/c1-3-9-11-5-7-12(8-6-11)10-4-2/h11-12H,3-8H2,1-2H3. The van der Waals surface area contributed by atoms with Gasteiger partial charge >= 0.3 is 0 Å². The molecule has 0 saturated carbocycles. The third-order valence-corrected chi connectivity index (χ3v) is 9.28. The normalized spacial score (nSPS) is 30.5. The molecule has 1 heterocycles. The van der Waals surface area contributed by atoms with Gasteiger partial charge in [0.25, 0.3) is 0 Å². The smallest absolute Gasteiger partial charge is 0.176 e. The van der Waals surface area contributed by atoms with Crippen LogP contribution in [0.15, 0.2) is 0 Å². The largest absolute Gasteiger partial charge is 0.420 e. The van der Waals surface area contributed by atoms with Crippen molar-refractivity contribution >= 4 is 18.1 Å². The van der Waals surface area contributed by atoms with Crippen LogP contribution in [0.1, 0.15) is 13.8 Å². The van der Waals surface area contributed by atoms with Crippen molar-refractivity contribution in [1.29, 1.82) is 0 Å². The van der Waals surface area contributed by atoms with Crippen LogP contribution in [0.25, 0.3) is 0 Å². The van der Waals surface area contributed by atoms with E-state index in [-0.39, 0.29) is 0 Å². The van der Waals surface area contributed by atoms with Crippen molar-refractivity contribution in [3.63, 3.8) is 0 Å². The molecule has 4 heteroatoms. The van der Waals surface area contributed by atoms with E-state index in [0.717, 1.165) is 13.2 Å². The molecule has 12 heavy (non-hydrogen) atoms. The van der Waals surface area contributed by atoms with E-state index in [1.54, 1.807) is 0 Å². The first-order valence-electron chi connectivity index (χ1n) is 5.10. The van der Waals surface area contributed by atoms with Gasteiger partial charge in [-0.25, -0.2) is 0 Å². The van der Waals surface area contributed by atoms with Gasteiger partial charge in [-0.2, -0.15) is 0 Å². The summed E-state index contributed by atoms with van der Waals surface area (Å²) in [5, 5.41) is 0. The van der Waals surface area contributed by atoms with Gasteiger partial charge in [0, 0.05) is 13.2 Å². The molecular weight excluding hydrogens is 184 g/mol. The van der Waals surface area contributed by atoms with E-state index in [2.05, 4.69) is 13.8 Å². The Morgan fingerprint density at radius 2 is 1.17 bits per heavy atom. The van der Waals surface area contributed by atoms with E-state index < -0.39 is 18.1 Å². The molecule has 0 N–H and O–H groups in total. The number of hydrogen-bond donors (Lipinski definition) is 0. The SMILES string of the molecule is CCO[SiH]1CC[SiH](OCC)CC1. The quantitative estimate of drug-likeness (QED) is 0.647. The molecule has 2 nitrogen and oxygen atoms in total. The Morgan fingerprint density at radius 1 is 0.833 bits per heavy atom. The van der Waals surface area contributed by atoms with Gasteiger partial charge in [0.15, 0.2) is 18.1 Å². The second-order valence-electron chi connectivity index (χ2n) is 3.31. The fourth-order valence-corrected chi connectivity index (χ4v) is 9.97. The molecule has 1 rings (SSSR count). The fraction of sp³-hybridized carbons (Fsp3) is 1.00. The molecule has 0 aliphatic carbocycles. The van der Waals surface area contributed by atoms with Crippen LogP contribution in [0.5, 0.6) is 0 Å². The highest BCUT2D eigenvalue weighted by atomic mass is 28.3. The number of hydrogen-bond acceptors (Lipinski definition) is 2. The Labute approximate surface area is 78.7 Å². The van der Waals surface area contributed by atoms with Crippen molar-refractivity contribution in [1.82, 2.24) is 0 Å². The molecule has 1 fully saturated rings. The molecule has 0 radical (unpaired) electrons. The van der Waals surface area contributed by atoms with Crippen LogP contribution < -0.4 is 0 Å². The van der Waals surface area contributed by atoms with Gasteiger partial charge in [-0.1, -0.05) is 0 Å². The highest BCUT2D eigenvalue weighted by Crippen LogP contribution is 2.21. The molecule has 0 amide bonds. The minimum atomic E-state index is -0.735. The van der Waals surface area contributed by atoms with E-state index in [4.69, 9.17) is 8.85 Å². The third kappa shape index (κ3) is 3.39. The second kappa shape index (κ2) is 5.91. The van der Waals surface area contributed by atoms with Gasteiger partial charge < -0.3 is 8.85 Å². The van der Waals surface area contributed by atoms with Crippen LogP contribution in [0.4, 0.5) is 0 Å². The predicted octanol–water partition coefficient (Wildman–Crippen LogP) is 1.52. The van der Waals surface area contributed by atoms with Crippen molar-refractivity contribution in [2.24, 2.45) is 0 Å². The lowest BCUT2D eigenvalue weighted by atomic mass is 10.9. The van der Waals surface area contributed by atoms with Crippen molar-refractivity contribution in [2.45, 2.75) is 38.0 Å². The van der Waals surface area contributed by atoms with Gasteiger partial charge in [0.05, 0.1) is 0 Å². The molecule has 1 aliphatic rings. The molecule has 0 atom stereocenters. The first-order chi connectivity index (χ1) is 5.86. The van der Waals surface area contributed by atoms with E-state index in [0.29, 0.717) is 0 Å². The monoisotopic (exact) mass is 204 g/mol. The maximum atomic E-state index is 5.71. The predicted molar refractivity (Wildman–Crippen MR) is 56.8 cm³/mol. The zero-order chi connectivity index (χ0) is 8.81. The molecule has 0 aromatic carbocycles. The number of rotatable bonds is 4. The summed E-state index contributed by atoms with van der Waals surface area (Å²) in [6.45, 7) is 6.08. The minimum absolute atomic E-state index is 0.735. The first kappa shape index (κ1) is 10.4. The van der Waals surface area contributed by atoms with Crippen LogP contribution in [0.2, 0.25) is 24.2 Å². The molecule has 0 unspecified atom stereocenters. The summed E-state index contributed by atoms with van der Waals surface area (Å²) in [5.41, 5.74) is 0. The second-order valence-corrected chi connectivity index (χ2v) is 8.77. The molecule has 0 spiro atoms. The van der Waals surface area contributed by atoms with Gasteiger partial charge in [0.1, 0.15) is 0 Å². The summed E-state index contributed by atoms with van der Waals surface area (Å²) in [7, 11) is -1.47. The highest BCUT2D eigenvalue weighted by Gasteiger charge is 2.24. The zero-order valence-corrected chi connectivity index (χ0v) is 10.5. The Balaban J connectivity index is 2.11. The maximum Gasteiger partial charge on any atom is 0.176 e. The van der Waals surface area contributed by atoms with Crippen LogP contribution in [-0.4, -0.2) is 31.3 Å². The Hall–Kier alpha value is 0.354. The van der Waals surface area contributed by atoms with Crippen LogP contribution >= 0.6 is 0 Å². The highest BCUT2D eigenvalue weighted by molar-refractivity contribution is 6.63. The lowest BCUT2D eigenvalue weighted by Gasteiger charge is -2.25. The third-order valence-electron chi connectivity index (χ3n) is 2.43. The Bertz CT molecular complexity index is 99.6. The van der Waals surface area contributed by atoms with Crippen molar-refractivity contribution in [2.75, 3.05) is 13.2 Å². The fourth-order valence-electron chi connectivity index (χ4n) is 1.84.